The molecule has 2 atom stereocenters. The van der Waals surface area contributed by atoms with Crippen LogP contribution < -0.4 is 11.1 Å². The summed E-state index contributed by atoms with van der Waals surface area (Å²) in [5.74, 6) is -0.248. The van der Waals surface area contributed by atoms with Crippen molar-refractivity contribution in [3.63, 3.8) is 0 Å². The van der Waals surface area contributed by atoms with Gasteiger partial charge in [-0.2, -0.15) is 0 Å². The summed E-state index contributed by atoms with van der Waals surface area (Å²) in [6.45, 7) is 4.47. The highest BCUT2D eigenvalue weighted by Gasteiger charge is 2.18. The van der Waals surface area contributed by atoms with Crippen LogP contribution in [0.3, 0.4) is 0 Å². The summed E-state index contributed by atoms with van der Waals surface area (Å²) >= 11 is 3.14. The van der Waals surface area contributed by atoms with Crippen LogP contribution in [0, 0.1) is 11.7 Å². The van der Waals surface area contributed by atoms with E-state index in [1.54, 1.807) is 12.1 Å². The molecule has 1 aromatic rings. The molecule has 0 saturated heterocycles. The lowest BCUT2D eigenvalue weighted by Crippen LogP contribution is -2.45. The van der Waals surface area contributed by atoms with Gasteiger partial charge >= 0.3 is 0 Å². The predicted molar refractivity (Wildman–Crippen MR) is 85.5 cm³/mol. The Labute approximate surface area is 134 Å². The van der Waals surface area contributed by atoms with Crippen molar-refractivity contribution in [3.05, 3.63) is 34.1 Å². The lowest BCUT2D eigenvalue weighted by Gasteiger charge is -2.17. The maximum atomic E-state index is 13.0. The predicted octanol–water partition coefficient (Wildman–Crippen LogP) is 3.04. The minimum absolute atomic E-state index is 0. The average molecular weight is 368 g/mol. The van der Waals surface area contributed by atoms with Crippen LogP contribution in [0.25, 0.3) is 0 Å². The molecule has 0 fully saturated rings. The van der Waals surface area contributed by atoms with Crippen molar-refractivity contribution < 1.29 is 9.18 Å². The van der Waals surface area contributed by atoms with Gasteiger partial charge in [-0.25, -0.2) is 4.39 Å². The van der Waals surface area contributed by atoms with E-state index in [4.69, 9.17) is 5.73 Å². The Morgan fingerprint density at radius 3 is 2.70 bits per heavy atom. The SMILES string of the molecule is CCC(C)C(N)C(=O)NCCc1ccc(F)c(Br)c1.Cl. The quantitative estimate of drug-likeness (QED) is 0.812. The van der Waals surface area contributed by atoms with E-state index in [0.29, 0.717) is 17.4 Å². The van der Waals surface area contributed by atoms with Gasteiger partial charge in [0.15, 0.2) is 0 Å². The molecule has 0 saturated carbocycles. The van der Waals surface area contributed by atoms with Crippen LogP contribution in [0.4, 0.5) is 4.39 Å². The molecule has 0 heterocycles. The summed E-state index contributed by atoms with van der Waals surface area (Å²) in [7, 11) is 0. The molecule has 3 N–H and O–H groups in total. The van der Waals surface area contributed by atoms with E-state index in [-0.39, 0.29) is 30.0 Å². The summed E-state index contributed by atoms with van der Waals surface area (Å²) < 4.78 is 13.5. The first-order chi connectivity index (χ1) is 8.95. The van der Waals surface area contributed by atoms with Crippen molar-refractivity contribution in [1.82, 2.24) is 5.32 Å². The van der Waals surface area contributed by atoms with E-state index < -0.39 is 6.04 Å². The smallest absolute Gasteiger partial charge is 0.237 e. The third-order valence-electron chi connectivity index (χ3n) is 3.26. The van der Waals surface area contributed by atoms with Gasteiger partial charge in [0.25, 0.3) is 0 Å². The molecule has 0 aromatic heterocycles. The monoisotopic (exact) mass is 366 g/mol. The van der Waals surface area contributed by atoms with Gasteiger partial charge in [-0.05, 0) is 46.0 Å². The zero-order chi connectivity index (χ0) is 14.4. The summed E-state index contributed by atoms with van der Waals surface area (Å²) in [5.41, 5.74) is 6.79. The number of carbonyl (C=O) groups is 1. The fourth-order valence-corrected chi connectivity index (χ4v) is 2.08. The van der Waals surface area contributed by atoms with E-state index in [1.165, 1.54) is 6.07 Å². The first kappa shape index (κ1) is 19.4. The van der Waals surface area contributed by atoms with Gasteiger partial charge in [-0.15, -0.1) is 12.4 Å². The third kappa shape index (κ3) is 5.77. The molecule has 0 aliphatic carbocycles. The van der Waals surface area contributed by atoms with E-state index >= 15 is 0 Å². The van der Waals surface area contributed by atoms with Gasteiger partial charge in [-0.3, -0.25) is 4.79 Å². The summed E-state index contributed by atoms with van der Waals surface area (Å²) in [4.78, 5) is 11.7. The molecule has 6 heteroatoms. The van der Waals surface area contributed by atoms with E-state index in [0.717, 1.165) is 12.0 Å². The maximum absolute atomic E-state index is 13.0. The van der Waals surface area contributed by atoms with Crippen molar-refractivity contribution in [2.24, 2.45) is 11.7 Å². The zero-order valence-corrected chi connectivity index (χ0v) is 14.1. The largest absolute Gasteiger partial charge is 0.354 e. The van der Waals surface area contributed by atoms with Crippen molar-refractivity contribution >= 4 is 34.2 Å². The molecule has 114 valence electrons. The van der Waals surface area contributed by atoms with Crippen LogP contribution in [0.1, 0.15) is 25.8 Å². The third-order valence-corrected chi connectivity index (χ3v) is 3.86. The second kappa shape index (κ2) is 9.32. The molecule has 0 aliphatic heterocycles. The Morgan fingerprint density at radius 1 is 1.50 bits per heavy atom. The Hall–Kier alpha value is -0.650. The first-order valence-corrected chi connectivity index (χ1v) is 7.22. The molecule has 3 nitrogen and oxygen atoms in total. The Balaban J connectivity index is 0.00000361. The highest BCUT2D eigenvalue weighted by Crippen LogP contribution is 2.16. The number of rotatable bonds is 6. The van der Waals surface area contributed by atoms with Crippen LogP contribution >= 0.6 is 28.3 Å². The standard InChI is InChI=1S/C14H20BrFN2O.ClH/c1-3-9(2)13(17)14(19)18-7-6-10-4-5-12(16)11(15)8-10;/h4-5,8-9,13H,3,6-7,17H2,1-2H3,(H,18,19);1H. The number of hydrogen-bond donors (Lipinski definition) is 2. The fourth-order valence-electron chi connectivity index (χ4n) is 1.66. The maximum Gasteiger partial charge on any atom is 0.237 e. The molecule has 1 rings (SSSR count). The highest BCUT2D eigenvalue weighted by molar-refractivity contribution is 9.10. The highest BCUT2D eigenvalue weighted by atomic mass is 79.9. The van der Waals surface area contributed by atoms with Crippen molar-refractivity contribution in [2.45, 2.75) is 32.7 Å². The lowest BCUT2D eigenvalue weighted by atomic mass is 9.99. The minimum Gasteiger partial charge on any atom is -0.354 e. The number of amides is 1. The van der Waals surface area contributed by atoms with Crippen molar-refractivity contribution in [1.29, 1.82) is 0 Å². The van der Waals surface area contributed by atoms with Gasteiger partial charge in [0.2, 0.25) is 5.91 Å². The van der Waals surface area contributed by atoms with Crippen LogP contribution in [0.15, 0.2) is 22.7 Å². The van der Waals surface area contributed by atoms with Gasteiger partial charge in [0, 0.05) is 6.54 Å². The molecule has 2 unspecified atom stereocenters. The fraction of sp³-hybridized carbons (Fsp3) is 0.500. The van der Waals surface area contributed by atoms with E-state index in [2.05, 4.69) is 21.2 Å². The summed E-state index contributed by atoms with van der Waals surface area (Å²) in [5, 5.41) is 2.81. The van der Waals surface area contributed by atoms with Crippen LogP contribution in [0.2, 0.25) is 0 Å². The number of nitrogens with two attached hydrogens (primary N) is 1. The second-order valence-electron chi connectivity index (χ2n) is 4.70. The molecular weight excluding hydrogens is 347 g/mol. The Kier molecular flexibility index (Phi) is 9.01. The van der Waals surface area contributed by atoms with Crippen LogP contribution in [-0.4, -0.2) is 18.5 Å². The van der Waals surface area contributed by atoms with Gasteiger partial charge in [0.1, 0.15) is 5.82 Å². The molecule has 1 amide bonds. The number of carbonyl (C=O) groups excluding carboxylic acids is 1. The van der Waals surface area contributed by atoms with Crippen LogP contribution in [0.5, 0.6) is 0 Å². The topological polar surface area (TPSA) is 55.1 Å². The molecule has 0 radical (unpaired) electrons. The molecule has 1 aromatic carbocycles. The molecule has 0 spiro atoms. The van der Waals surface area contributed by atoms with Crippen molar-refractivity contribution in [3.8, 4) is 0 Å². The van der Waals surface area contributed by atoms with Gasteiger partial charge < -0.3 is 11.1 Å². The summed E-state index contributed by atoms with van der Waals surface area (Å²) in [6, 6.07) is 4.37. The number of nitrogens with one attached hydrogen (secondary N) is 1. The Bertz CT molecular complexity index is 445. The van der Waals surface area contributed by atoms with Gasteiger partial charge in [0.05, 0.1) is 10.5 Å². The minimum atomic E-state index is -0.468. The number of hydrogen-bond acceptors (Lipinski definition) is 2. The number of halogens is 3. The molecule has 0 aliphatic rings. The summed E-state index contributed by atoms with van der Waals surface area (Å²) in [6.07, 6.45) is 1.53. The second-order valence-corrected chi connectivity index (χ2v) is 5.56. The van der Waals surface area contributed by atoms with E-state index in [9.17, 15) is 9.18 Å². The zero-order valence-electron chi connectivity index (χ0n) is 11.7. The van der Waals surface area contributed by atoms with E-state index in [1.807, 2.05) is 13.8 Å². The molecule has 0 bridgehead atoms. The molecular formula is C14H21BrClFN2O. The lowest BCUT2D eigenvalue weighted by molar-refractivity contribution is -0.123. The Morgan fingerprint density at radius 2 is 2.15 bits per heavy atom. The van der Waals surface area contributed by atoms with Gasteiger partial charge in [-0.1, -0.05) is 26.3 Å². The van der Waals surface area contributed by atoms with Crippen molar-refractivity contribution in [2.75, 3.05) is 6.54 Å². The van der Waals surface area contributed by atoms with Crippen LogP contribution in [-0.2, 0) is 11.2 Å². The number of benzene rings is 1. The average Bonchev–Trinajstić information content (AvgIpc) is 2.40. The first-order valence-electron chi connectivity index (χ1n) is 6.43. The molecule has 20 heavy (non-hydrogen) atoms. The normalized spacial score (nSPS) is 13.2.